The third-order valence-electron chi connectivity index (χ3n) is 1.73. The second-order valence-electron chi connectivity index (χ2n) is 3.90. The molecule has 0 aliphatic heterocycles. The van der Waals surface area contributed by atoms with Crippen LogP contribution in [0.4, 0.5) is 0 Å². The van der Waals surface area contributed by atoms with Crippen molar-refractivity contribution in [2.45, 2.75) is 26.4 Å². The van der Waals surface area contributed by atoms with Crippen LogP contribution in [-0.2, 0) is 0 Å². The number of hydrogen-bond donors (Lipinski definition) is 1. The Labute approximate surface area is 79.7 Å². The fraction of sp³-hybridized carbons (Fsp3) is 0.333. The van der Waals surface area contributed by atoms with Crippen LogP contribution in [0.3, 0.4) is 0 Å². The van der Waals surface area contributed by atoms with Gasteiger partial charge in [0.25, 0.3) is 0 Å². The topological polar surface area (TPSA) is 20.2 Å². The van der Waals surface area contributed by atoms with Gasteiger partial charge < -0.3 is 5.11 Å². The highest BCUT2D eigenvalue weighted by atomic mass is 16.3. The molecule has 0 saturated carbocycles. The van der Waals surface area contributed by atoms with Gasteiger partial charge in [0.1, 0.15) is 0 Å². The molecule has 0 amide bonds. The highest BCUT2D eigenvalue weighted by Gasteiger charge is 2.05. The smallest absolute Gasteiger partial charge is 0.0774 e. The SMILES string of the molecule is Cc1cccc(C=CC(C)(C)O)c1. The Morgan fingerprint density at radius 3 is 2.54 bits per heavy atom. The van der Waals surface area contributed by atoms with Crippen LogP contribution in [0.25, 0.3) is 6.08 Å². The van der Waals surface area contributed by atoms with E-state index in [4.69, 9.17) is 0 Å². The first-order valence-electron chi connectivity index (χ1n) is 4.46. The Bertz CT molecular complexity index is 305. The zero-order chi connectivity index (χ0) is 9.90. The molecular formula is C12H16O. The highest BCUT2D eigenvalue weighted by Crippen LogP contribution is 2.10. The van der Waals surface area contributed by atoms with Gasteiger partial charge in [-0.15, -0.1) is 0 Å². The molecule has 0 unspecified atom stereocenters. The summed E-state index contributed by atoms with van der Waals surface area (Å²) in [6.07, 6.45) is 3.73. The van der Waals surface area contributed by atoms with Crippen molar-refractivity contribution in [2.24, 2.45) is 0 Å². The maximum atomic E-state index is 9.46. The van der Waals surface area contributed by atoms with Crippen molar-refractivity contribution in [3.05, 3.63) is 41.5 Å². The van der Waals surface area contributed by atoms with Crippen molar-refractivity contribution in [3.8, 4) is 0 Å². The Morgan fingerprint density at radius 1 is 1.31 bits per heavy atom. The molecule has 0 heterocycles. The molecule has 0 aliphatic rings. The monoisotopic (exact) mass is 176 g/mol. The zero-order valence-electron chi connectivity index (χ0n) is 8.41. The molecule has 0 atom stereocenters. The quantitative estimate of drug-likeness (QED) is 0.734. The fourth-order valence-electron chi connectivity index (χ4n) is 1.07. The van der Waals surface area contributed by atoms with Gasteiger partial charge in [-0.1, -0.05) is 42.0 Å². The molecule has 0 aliphatic carbocycles. The van der Waals surface area contributed by atoms with Gasteiger partial charge in [0.05, 0.1) is 5.60 Å². The van der Waals surface area contributed by atoms with E-state index in [0.717, 1.165) is 5.56 Å². The zero-order valence-corrected chi connectivity index (χ0v) is 8.41. The van der Waals surface area contributed by atoms with Crippen LogP contribution < -0.4 is 0 Å². The van der Waals surface area contributed by atoms with Crippen molar-refractivity contribution in [1.29, 1.82) is 0 Å². The van der Waals surface area contributed by atoms with Crippen LogP contribution in [0.1, 0.15) is 25.0 Å². The van der Waals surface area contributed by atoms with E-state index in [1.807, 2.05) is 18.2 Å². The van der Waals surface area contributed by atoms with Crippen LogP contribution in [0.15, 0.2) is 30.3 Å². The van der Waals surface area contributed by atoms with Gasteiger partial charge in [-0.05, 0) is 26.3 Å². The molecule has 1 nitrogen and oxygen atoms in total. The minimum atomic E-state index is -0.732. The minimum Gasteiger partial charge on any atom is -0.386 e. The van der Waals surface area contributed by atoms with Gasteiger partial charge in [0.15, 0.2) is 0 Å². The van der Waals surface area contributed by atoms with Gasteiger partial charge in [-0.2, -0.15) is 0 Å². The summed E-state index contributed by atoms with van der Waals surface area (Å²) in [5.74, 6) is 0. The molecule has 0 bridgehead atoms. The van der Waals surface area contributed by atoms with Gasteiger partial charge >= 0.3 is 0 Å². The lowest BCUT2D eigenvalue weighted by Gasteiger charge is -2.09. The van der Waals surface area contributed by atoms with Gasteiger partial charge in [-0.25, -0.2) is 0 Å². The Hall–Kier alpha value is -1.08. The molecular weight excluding hydrogens is 160 g/mol. The first kappa shape index (κ1) is 10.0. The van der Waals surface area contributed by atoms with E-state index in [1.165, 1.54) is 5.56 Å². The van der Waals surface area contributed by atoms with E-state index in [1.54, 1.807) is 19.9 Å². The van der Waals surface area contributed by atoms with Crippen molar-refractivity contribution >= 4 is 6.08 Å². The maximum absolute atomic E-state index is 9.46. The summed E-state index contributed by atoms with van der Waals surface area (Å²) in [6.45, 7) is 5.58. The van der Waals surface area contributed by atoms with Crippen molar-refractivity contribution < 1.29 is 5.11 Å². The number of aryl methyl sites for hydroxylation is 1. The molecule has 13 heavy (non-hydrogen) atoms. The molecule has 1 rings (SSSR count). The second-order valence-corrected chi connectivity index (χ2v) is 3.90. The van der Waals surface area contributed by atoms with Crippen molar-refractivity contribution in [2.75, 3.05) is 0 Å². The lowest BCUT2D eigenvalue weighted by Crippen LogP contribution is -2.13. The summed E-state index contributed by atoms with van der Waals surface area (Å²) in [7, 11) is 0. The molecule has 1 aromatic rings. The third kappa shape index (κ3) is 3.90. The predicted octanol–water partition coefficient (Wildman–Crippen LogP) is 2.78. The molecule has 1 heteroatoms. The van der Waals surface area contributed by atoms with Crippen LogP contribution in [0.5, 0.6) is 0 Å². The number of aliphatic hydroxyl groups is 1. The van der Waals surface area contributed by atoms with E-state index in [2.05, 4.69) is 19.1 Å². The van der Waals surface area contributed by atoms with E-state index >= 15 is 0 Å². The normalized spacial score (nSPS) is 12.3. The standard InChI is InChI=1S/C12H16O/c1-10-5-4-6-11(9-10)7-8-12(2,3)13/h4-9,13H,1-3H3. The van der Waals surface area contributed by atoms with E-state index < -0.39 is 5.60 Å². The van der Waals surface area contributed by atoms with Crippen molar-refractivity contribution in [3.63, 3.8) is 0 Å². The van der Waals surface area contributed by atoms with Gasteiger partial charge in [0, 0.05) is 0 Å². The molecule has 0 saturated heterocycles. The van der Waals surface area contributed by atoms with Crippen molar-refractivity contribution in [1.82, 2.24) is 0 Å². The summed E-state index contributed by atoms with van der Waals surface area (Å²) in [4.78, 5) is 0. The molecule has 0 radical (unpaired) electrons. The first-order chi connectivity index (χ1) is 5.97. The number of benzene rings is 1. The third-order valence-corrected chi connectivity index (χ3v) is 1.73. The Balaban J connectivity index is 2.80. The summed E-state index contributed by atoms with van der Waals surface area (Å²) in [6, 6.07) is 8.18. The van der Waals surface area contributed by atoms with Crippen LogP contribution in [-0.4, -0.2) is 10.7 Å². The van der Waals surface area contributed by atoms with Crippen LogP contribution in [0, 0.1) is 6.92 Å². The molecule has 0 aromatic heterocycles. The minimum absolute atomic E-state index is 0.732. The van der Waals surface area contributed by atoms with E-state index in [-0.39, 0.29) is 0 Å². The largest absolute Gasteiger partial charge is 0.386 e. The highest BCUT2D eigenvalue weighted by molar-refractivity contribution is 5.51. The summed E-state index contributed by atoms with van der Waals surface area (Å²) in [5.41, 5.74) is 1.63. The number of rotatable bonds is 2. The van der Waals surface area contributed by atoms with Gasteiger partial charge in [0.2, 0.25) is 0 Å². The van der Waals surface area contributed by atoms with E-state index in [0.29, 0.717) is 0 Å². The predicted molar refractivity (Wildman–Crippen MR) is 56.5 cm³/mol. The summed E-state index contributed by atoms with van der Waals surface area (Å²) >= 11 is 0. The lowest BCUT2D eigenvalue weighted by atomic mass is 10.1. The maximum Gasteiger partial charge on any atom is 0.0774 e. The second kappa shape index (κ2) is 3.75. The molecule has 1 aromatic carbocycles. The lowest BCUT2D eigenvalue weighted by molar-refractivity contribution is 0.134. The fourth-order valence-corrected chi connectivity index (χ4v) is 1.07. The Kier molecular flexibility index (Phi) is 2.89. The van der Waals surface area contributed by atoms with Crippen LogP contribution >= 0.6 is 0 Å². The van der Waals surface area contributed by atoms with E-state index in [9.17, 15) is 5.11 Å². The Morgan fingerprint density at radius 2 is 2.00 bits per heavy atom. The molecule has 1 N–H and O–H groups in total. The average molecular weight is 176 g/mol. The molecule has 70 valence electrons. The molecule has 0 fully saturated rings. The molecule has 0 spiro atoms. The first-order valence-corrected chi connectivity index (χ1v) is 4.46. The average Bonchev–Trinajstić information content (AvgIpc) is 2.00. The number of hydrogen-bond acceptors (Lipinski definition) is 1. The van der Waals surface area contributed by atoms with Gasteiger partial charge in [-0.3, -0.25) is 0 Å². The summed E-state index contributed by atoms with van der Waals surface area (Å²) in [5, 5.41) is 9.46. The van der Waals surface area contributed by atoms with Crippen LogP contribution in [0.2, 0.25) is 0 Å². The summed E-state index contributed by atoms with van der Waals surface area (Å²) < 4.78 is 0.